The van der Waals surface area contributed by atoms with Crippen LogP contribution in [-0.2, 0) is 21.2 Å². The van der Waals surface area contributed by atoms with Crippen molar-refractivity contribution in [3.05, 3.63) is 5.82 Å². The Morgan fingerprint density at radius 1 is 1.40 bits per heavy atom. The van der Waals surface area contributed by atoms with Crippen LogP contribution in [0.15, 0.2) is 0 Å². The van der Waals surface area contributed by atoms with E-state index in [2.05, 4.69) is 15.5 Å². The fraction of sp³-hybridized carbons (Fsp3) is 0.818. The Kier molecular flexibility index (Phi) is 3.03. The van der Waals surface area contributed by atoms with E-state index in [1.54, 1.807) is 0 Å². The zero-order valence-electron chi connectivity index (χ0n) is 10.9. The number of carboxylic acids is 1. The molecule has 1 saturated heterocycles. The predicted molar refractivity (Wildman–Crippen MR) is 67.5 cm³/mol. The monoisotopic (exact) mass is 300 g/mol. The maximum absolute atomic E-state index is 12.1. The van der Waals surface area contributed by atoms with Crippen LogP contribution in [0.5, 0.6) is 0 Å². The van der Waals surface area contributed by atoms with Gasteiger partial charge in [0.25, 0.3) is 0 Å². The zero-order chi connectivity index (χ0) is 14.4. The lowest BCUT2D eigenvalue weighted by molar-refractivity contribution is -0.144. The normalized spacial score (nSPS) is 27.1. The third kappa shape index (κ3) is 2.19. The summed E-state index contributed by atoms with van der Waals surface area (Å²) in [6, 6.07) is 0. The minimum atomic E-state index is -3.24. The quantitative estimate of drug-likeness (QED) is 0.843. The van der Waals surface area contributed by atoms with Crippen LogP contribution in [-0.4, -0.2) is 45.5 Å². The molecule has 2 fully saturated rings. The average Bonchev–Trinajstić information content (AvgIpc) is 3.02. The lowest BCUT2D eigenvalue weighted by Crippen LogP contribution is -2.28. The molecule has 8 nitrogen and oxygen atoms in total. The zero-order valence-corrected chi connectivity index (χ0v) is 11.7. The van der Waals surface area contributed by atoms with Crippen LogP contribution in [0.2, 0.25) is 0 Å². The van der Waals surface area contributed by atoms with E-state index in [1.165, 1.54) is 4.68 Å². The Balaban J connectivity index is 1.89. The Hall–Kier alpha value is -1.51. The summed E-state index contributed by atoms with van der Waals surface area (Å²) >= 11 is 0. The van der Waals surface area contributed by atoms with Gasteiger partial charge in [0, 0.05) is 0 Å². The average molecular weight is 300 g/mol. The molecule has 0 aromatic carbocycles. The first kappa shape index (κ1) is 13.5. The maximum Gasteiger partial charge on any atom is 0.311 e. The Morgan fingerprint density at radius 2 is 2.15 bits per heavy atom. The lowest BCUT2D eigenvalue weighted by atomic mass is 10.1. The van der Waals surface area contributed by atoms with Crippen LogP contribution in [0.4, 0.5) is 0 Å². The molecule has 2 heterocycles. The SMILES string of the molecule is O=C(O)C1(Cn2nnnc2C2CCCCS2(=O)=O)CC1. The van der Waals surface area contributed by atoms with Crippen molar-refractivity contribution in [3.8, 4) is 0 Å². The summed E-state index contributed by atoms with van der Waals surface area (Å²) in [6.07, 6.45) is 3.15. The summed E-state index contributed by atoms with van der Waals surface area (Å²) < 4.78 is 25.6. The third-order valence-electron chi connectivity index (χ3n) is 4.19. The molecule has 0 radical (unpaired) electrons. The molecule has 1 aromatic rings. The number of aromatic nitrogens is 4. The third-order valence-corrected chi connectivity index (χ3v) is 6.36. The van der Waals surface area contributed by atoms with E-state index in [1.807, 2.05) is 0 Å². The summed E-state index contributed by atoms with van der Waals surface area (Å²) in [5, 5.41) is 19.7. The molecule has 1 N–H and O–H groups in total. The van der Waals surface area contributed by atoms with Gasteiger partial charge in [0.1, 0.15) is 5.25 Å². The highest BCUT2D eigenvalue weighted by molar-refractivity contribution is 7.91. The van der Waals surface area contributed by atoms with E-state index in [0.717, 1.165) is 6.42 Å². The smallest absolute Gasteiger partial charge is 0.311 e. The van der Waals surface area contributed by atoms with Gasteiger partial charge in [-0.15, -0.1) is 5.10 Å². The molecule has 1 aliphatic carbocycles. The van der Waals surface area contributed by atoms with E-state index >= 15 is 0 Å². The number of aliphatic carboxylic acids is 1. The number of sulfone groups is 1. The molecule has 110 valence electrons. The van der Waals surface area contributed by atoms with Crippen LogP contribution in [0, 0.1) is 5.41 Å². The van der Waals surface area contributed by atoms with E-state index in [0.29, 0.717) is 25.7 Å². The van der Waals surface area contributed by atoms with Crippen LogP contribution >= 0.6 is 0 Å². The molecule has 9 heteroatoms. The molecule has 20 heavy (non-hydrogen) atoms. The summed E-state index contributed by atoms with van der Waals surface area (Å²) in [5.74, 6) is -0.433. The minimum absolute atomic E-state index is 0.147. The van der Waals surface area contributed by atoms with Crippen molar-refractivity contribution in [3.63, 3.8) is 0 Å². The van der Waals surface area contributed by atoms with Crippen molar-refractivity contribution in [2.75, 3.05) is 5.75 Å². The summed E-state index contributed by atoms with van der Waals surface area (Å²) in [6.45, 7) is 0.149. The van der Waals surface area contributed by atoms with Gasteiger partial charge in [0.2, 0.25) is 0 Å². The summed E-state index contributed by atoms with van der Waals surface area (Å²) in [5.41, 5.74) is -0.817. The summed E-state index contributed by atoms with van der Waals surface area (Å²) in [7, 11) is -3.24. The van der Waals surface area contributed by atoms with Gasteiger partial charge in [-0.1, -0.05) is 6.42 Å². The van der Waals surface area contributed by atoms with Crippen LogP contribution in [0.3, 0.4) is 0 Å². The molecule has 0 bridgehead atoms. The van der Waals surface area contributed by atoms with Gasteiger partial charge < -0.3 is 5.11 Å². The molecular weight excluding hydrogens is 284 g/mol. The Bertz CT molecular complexity index is 635. The number of nitrogens with zero attached hydrogens (tertiary/aromatic N) is 4. The molecule has 2 aliphatic rings. The fourth-order valence-corrected chi connectivity index (χ4v) is 4.58. The van der Waals surface area contributed by atoms with Crippen molar-refractivity contribution in [2.24, 2.45) is 5.41 Å². The predicted octanol–water partition coefficient (Wildman–Crippen LogP) is 0.178. The molecule has 1 atom stereocenters. The van der Waals surface area contributed by atoms with Gasteiger partial charge in [-0.3, -0.25) is 4.79 Å². The number of hydrogen-bond acceptors (Lipinski definition) is 6. The lowest BCUT2D eigenvalue weighted by Gasteiger charge is -2.21. The van der Waals surface area contributed by atoms with Gasteiger partial charge in [0.05, 0.1) is 17.7 Å². The topological polar surface area (TPSA) is 115 Å². The molecule has 0 spiro atoms. The van der Waals surface area contributed by atoms with Crippen molar-refractivity contribution in [1.29, 1.82) is 0 Å². The Morgan fingerprint density at radius 3 is 2.75 bits per heavy atom. The highest BCUT2D eigenvalue weighted by atomic mass is 32.2. The van der Waals surface area contributed by atoms with Crippen LogP contribution in [0.1, 0.15) is 43.2 Å². The van der Waals surface area contributed by atoms with E-state index < -0.39 is 26.5 Å². The van der Waals surface area contributed by atoms with Crippen molar-refractivity contribution < 1.29 is 18.3 Å². The van der Waals surface area contributed by atoms with Gasteiger partial charge in [-0.25, -0.2) is 13.1 Å². The first-order valence-electron chi connectivity index (χ1n) is 6.66. The number of rotatable bonds is 4. The maximum atomic E-state index is 12.1. The van der Waals surface area contributed by atoms with Gasteiger partial charge in [0.15, 0.2) is 15.7 Å². The number of carboxylic acid groups (broad SMARTS) is 1. The molecule has 1 unspecified atom stereocenters. The molecule has 0 amide bonds. The molecule has 1 aromatic heterocycles. The van der Waals surface area contributed by atoms with Gasteiger partial charge >= 0.3 is 5.97 Å². The van der Waals surface area contributed by atoms with Gasteiger partial charge in [-0.2, -0.15) is 0 Å². The van der Waals surface area contributed by atoms with Gasteiger partial charge in [-0.05, 0) is 36.1 Å². The van der Waals surface area contributed by atoms with Crippen molar-refractivity contribution in [2.45, 2.75) is 43.9 Å². The van der Waals surface area contributed by atoms with Crippen LogP contribution in [0.25, 0.3) is 0 Å². The number of carbonyl (C=O) groups is 1. The first-order valence-corrected chi connectivity index (χ1v) is 8.37. The second-order valence-corrected chi connectivity index (χ2v) is 7.93. The second kappa shape index (κ2) is 4.51. The second-order valence-electron chi connectivity index (χ2n) is 5.63. The van der Waals surface area contributed by atoms with Crippen LogP contribution < -0.4 is 0 Å². The minimum Gasteiger partial charge on any atom is -0.481 e. The largest absolute Gasteiger partial charge is 0.481 e. The molecule has 1 aliphatic heterocycles. The van der Waals surface area contributed by atoms with Crippen molar-refractivity contribution >= 4 is 15.8 Å². The molecule has 1 saturated carbocycles. The van der Waals surface area contributed by atoms with E-state index in [9.17, 15) is 18.3 Å². The summed E-state index contributed by atoms with van der Waals surface area (Å²) in [4.78, 5) is 11.2. The molecule has 3 rings (SSSR count). The Labute approximate surface area is 116 Å². The molecular formula is C11H16N4O4S. The standard InChI is InChI=1S/C11H16N4O4S/c16-10(17)11(4-5-11)7-15-9(12-13-14-15)8-3-1-2-6-20(8,18)19/h8H,1-7H2,(H,16,17). The fourth-order valence-electron chi connectivity index (χ4n) is 2.68. The first-order chi connectivity index (χ1) is 9.45. The number of tetrazole rings is 1. The highest BCUT2D eigenvalue weighted by Crippen LogP contribution is 2.47. The highest BCUT2D eigenvalue weighted by Gasteiger charge is 2.51. The van der Waals surface area contributed by atoms with Crippen molar-refractivity contribution in [1.82, 2.24) is 20.2 Å². The van der Waals surface area contributed by atoms with E-state index in [-0.39, 0.29) is 18.1 Å². The van der Waals surface area contributed by atoms with E-state index in [4.69, 9.17) is 0 Å². The number of hydrogen-bond donors (Lipinski definition) is 1.